The Kier molecular flexibility index (Phi) is 4.33. The van der Waals surface area contributed by atoms with Gasteiger partial charge in [0.25, 0.3) is 5.69 Å². The smallest absolute Gasteiger partial charge is 0.410 e. The molecule has 6 heteroatoms. The van der Waals surface area contributed by atoms with Crippen LogP contribution in [0.1, 0.15) is 18.4 Å². The SMILES string of the molecule is O=C(OCc1ccc([N+](=O)[O-])cc1)N1C[CH]CCC1. The fourth-order valence-corrected chi connectivity index (χ4v) is 1.88. The van der Waals surface area contributed by atoms with Gasteiger partial charge in [-0.2, -0.15) is 0 Å². The van der Waals surface area contributed by atoms with Gasteiger partial charge in [0, 0.05) is 25.2 Å². The highest BCUT2D eigenvalue weighted by molar-refractivity contribution is 5.67. The Morgan fingerprint density at radius 2 is 2.11 bits per heavy atom. The number of hydrogen-bond donors (Lipinski definition) is 0. The minimum atomic E-state index is -0.459. The van der Waals surface area contributed by atoms with Gasteiger partial charge in [0.1, 0.15) is 6.61 Å². The molecule has 1 aromatic carbocycles. The molecule has 1 amide bonds. The van der Waals surface area contributed by atoms with E-state index in [0.29, 0.717) is 6.54 Å². The van der Waals surface area contributed by atoms with Crippen LogP contribution in [0.3, 0.4) is 0 Å². The summed E-state index contributed by atoms with van der Waals surface area (Å²) in [6.45, 7) is 1.47. The average Bonchev–Trinajstić information content (AvgIpc) is 2.46. The van der Waals surface area contributed by atoms with Gasteiger partial charge in [-0.1, -0.05) is 0 Å². The summed E-state index contributed by atoms with van der Waals surface area (Å²) in [6, 6.07) is 5.98. The van der Waals surface area contributed by atoms with Crippen molar-refractivity contribution in [1.82, 2.24) is 4.90 Å². The molecule has 1 saturated heterocycles. The number of non-ortho nitro benzene ring substituents is 1. The van der Waals surface area contributed by atoms with Gasteiger partial charge in [-0.15, -0.1) is 0 Å². The third-order valence-corrected chi connectivity index (χ3v) is 2.95. The number of ether oxygens (including phenoxy) is 1. The van der Waals surface area contributed by atoms with Gasteiger partial charge in [0.2, 0.25) is 0 Å². The number of amides is 1. The van der Waals surface area contributed by atoms with Crippen LogP contribution in [0.5, 0.6) is 0 Å². The molecule has 0 aromatic heterocycles. The van der Waals surface area contributed by atoms with Gasteiger partial charge in [0.15, 0.2) is 0 Å². The first-order valence-electron chi connectivity index (χ1n) is 6.13. The summed E-state index contributed by atoms with van der Waals surface area (Å²) in [4.78, 5) is 23.4. The maximum Gasteiger partial charge on any atom is 0.410 e. The number of nitro benzene ring substituents is 1. The van der Waals surface area contributed by atoms with Crippen LogP contribution in [0.4, 0.5) is 10.5 Å². The van der Waals surface area contributed by atoms with Gasteiger partial charge in [-0.05, 0) is 37.0 Å². The lowest BCUT2D eigenvalue weighted by Crippen LogP contribution is -2.36. The molecule has 1 aliphatic rings. The van der Waals surface area contributed by atoms with Crippen molar-refractivity contribution in [3.63, 3.8) is 0 Å². The lowest BCUT2D eigenvalue weighted by molar-refractivity contribution is -0.384. The van der Waals surface area contributed by atoms with Crippen molar-refractivity contribution >= 4 is 11.8 Å². The number of nitrogens with zero attached hydrogens (tertiary/aromatic N) is 2. The summed E-state index contributed by atoms with van der Waals surface area (Å²) in [5.41, 5.74) is 0.764. The molecule has 1 radical (unpaired) electrons. The predicted molar refractivity (Wildman–Crippen MR) is 68.4 cm³/mol. The van der Waals surface area contributed by atoms with Gasteiger partial charge in [-0.3, -0.25) is 10.1 Å². The highest BCUT2D eigenvalue weighted by Crippen LogP contribution is 2.14. The van der Waals surface area contributed by atoms with Gasteiger partial charge in [0.05, 0.1) is 4.92 Å². The summed E-state index contributed by atoms with van der Waals surface area (Å²) in [5.74, 6) is 0. The molecule has 19 heavy (non-hydrogen) atoms. The minimum Gasteiger partial charge on any atom is -0.445 e. The molecule has 2 rings (SSSR count). The molecular weight excluding hydrogens is 248 g/mol. The zero-order valence-corrected chi connectivity index (χ0v) is 10.4. The quantitative estimate of drug-likeness (QED) is 0.620. The second-order valence-electron chi connectivity index (χ2n) is 4.36. The molecule has 1 fully saturated rings. The predicted octanol–water partition coefficient (Wildman–Crippen LogP) is 2.53. The van der Waals surface area contributed by atoms with E-state index in [1.54, 1.807) is 17.0 Å². The highest BCUT2D eigenvalue weighted by Gasteiger charge is 2.17. The number of hydrogen-bond acceptors (Lipinski definition) is 4. The second-order valence-corrected chi connectivity index (χ2v) is 4.36. The topological polar surface area (TPSA) is 72.7 Å². The maximum absolute atomic E-state index is 11.7. The van der Waals surface area contributed by atoms with Gasteiger partial charge < -0.3 is 9.64 Å². The largest absolute Gasteiger partial charge is 0.445 e. The van der Waals surface area contributed by atoms with E-state index in [2.05, 4.69) is 6.42 Å². The molecule has 0 saturated carbocycles. The van der Waals surface area contributed by atoms with E-state index in [1.165, 1.54) is 12.1 Å². The lowest BCUT2D eigenvalue weighted by Gasteiger charge is -2.25. The average molecular weight is 263 g/mol. The first-order chi connectivity index (χ1) is 9.16. The van der Waals surface area contributed by atoms with Crippen molar-refractivity contribution in [3.05, 3.63) is 46.4 Å². The summed E-state index contributed by atoms with van der Waals surface area (Å²) < 4.78 is 5.17. The normalized spacial score (nSPS) is 15.1. The van der Waals surface area contributed by atoms with Crippen molar-refractivity contribution in [2.24, 2.45) is 0 Å². The zero-order chi connectivity index (χ0) is 13.7. The molecule has 0 aliphatic carbocycles. The van der Waals surface area contributed by atoms with Crippen LogP contribution in [0.2, 0.25) is 0 Å². The highest BCUT2D eigenvalue weighted by atomic mass is 16.6. The maximum atomic E-state index is 11.7. The van der Waals surface area contributed by atoms with E-state index >= 15 is 0 Å². The van der Waals surface area contributed by atoms with Crippen LogP contribution in [-0.4, -0.2) is 29.0 Å². The Morgan fingerprint density at radius 1 is 1.37 bits per heavy atom. The molecule has 0 unspecified atom stereocenters. The summed E-state index contributed by atoms with van der Waals surface area (Å²) in [7, 11) is 0. The van der Waals surface area contributed by atoms with Crippen molar-refractivity contribution in [1.29, 1.82) is 0 Å². The standard InChI is InChI=1S/C13H15N2O4/c16-13(14-8-2-1-3-9-14)19-10-11-4-6-12(7-5-11)15(17)18/h2,4-7H,1,3,8-10H2. The first-order valence-corrected chi connectivity index (χ1v) is 6.13. The molecule has 0 bridgehead atoms. The number of benzene rings is 1. The second kappa shape index (κ2) is 6.17. The third kappa shape index (κ3) is 3.67. The van der Waals surface area contributed by atoms with E-state index in [1.807, 2.05) is 0 Å². The van der Waals surface area contributed by atoms with Crippen LogP contribution < -0.4 is 0 Å². The minimum absolute atomic E-state index is 0.0284. The number of carbonyl (C=O) groups is 1. The Balaban J connectivity index is 1.84. The Hall–Kier alpha value is -2.11. The molecule has 1 aliphatic heterocycles. The van der Waals surface area contributed by atoms with Crippen molar-refractivity contribution in [3.8, 4) is 0 Å². The van der Waals surface area contributed by atoms with Crippen LogP contribution >= 0.6 is 0 Å². The van der Waals surface area contributed by atoms with Crippen molar-refractivity contribution < 1.29 is 14.5 Å². The number of carbonyl (C=O) groups excluding carboxylic acids is 1. The fraction of sp³-hybridized carbons (Fsp3) is 0.385. The molecule has 101 valence electrons. The van der Waals surface area contributed by atoms with Gasteiger partial charge >= 0.3 is 6.09 Å². The van der Waals surface area contributed by atoms with Crippen molar-refractivity contribution in [2.75, 3.05) is 13.1 Å². The van der Waals surface area contributed by atoms with Crippen molar-refractivity contribution in [2.45, 2.75) is 19.4 Å². The zero-order valence-electron chi connectivity index (χ0n) is 10.4. The van der Waals surface area contributed by atoms with Crippen LogP contribution in [0.15, 0.2) is 24.3 Å². The van der Waals surface area contributed by atoms with E-state index < -0.39 is 4.92 Å². The van der Waals surface area contributed by atoms with Crippen LogP contribution in [0, 0.1) is 16.5 Å². The summed E-state index contributed by atoms with van der Waals surface area (Å²) in [5, 5.41) is 10.5. The molecular formula is C13H15N2O4. The summed E-state index contributed by atoms with van der Waals surface area (Å²) >= 11 is 0. The fourth-order valence-electron chi connectivity index (χ4n) is 1.88. The Labute approximate surface area is 111 Å². The van der Waals surface area contributed by atoms with E-state index in [9.17, 15) is 14.9 Å². The lowest BCUT2D eigenvalue weighted by atomic mass is 10.1. The third-order valence-electron chi connectivity index (χ3n) is 2.95. The molecule has 0 spiro atoms. The number of nitro groups is 1. The Bertz CT molecular complexity index is 452. The van der Waals surface area contributed by atoms with Crippen LogP contribution in [0.25, 0.3) is 0 Å². The molecule has 0 N–H and O–H groups in total. The molecule has 0 atom stereocenters. The van der Waals surface area contributed by atoms with E-state index in [0.717, 1.165) is 24.9 Å². The monoisotopic (exact) mass is 263 g/mol. The Morgan fingerprint density at radius 3 is 2.68 bits per heavy atom. The van der Waals surface area contributed by atoms with E-state index in [4.69, 9.17) is 4.74 Å². The first kappa shape index (κ1) is 13.3. The molecule has 1 aromatic rings. The van der Waals surface area contributed by atoms with Crippen LogP contribution in [-0.2, 0) is 11.3 Å². The molecule has 1 heterocycles. The number of piperidine rings is 1. The van der Waals surface area contributed by atoms with E-state index in [-0.39, 0.29) is 18.4 Å². The van der Waals surface area contributed by atoms with Gasteiger partial charge in [-0.25, -0.2) is 4.79 Å². The number of rotatable bonds is 3. The summed E-state index contributed by atoms with van der Waals surface area (Å²) in [6.07, 6.45) is 3.71. The molecule has 6 nitrogen and oxygen atoms in total. The number of likely N-dealkylation sites (tertiary alicyclic amines) is 1.